The molecule has 3 nitrogen and oxygen atoms in total. The zero-order valence-electron chi connectivity index (χ0n) is 11.1. The van der Waals surface area contributed by atoms with Gasteiger partial charge in [0.15, 0.2) is 0 Å². The standard InChI is InChI=1S/C14H19FN2OS/c1-18-9-10-3-2-6-17(8-10)13-5-4-11(14(16)19)7-12(13)15/h4-5,7,10H,2-3,6,8-9H2,1H3,(H2,16,19). The van der Waals surface area contributed by atoms with Crippen LogP contribution in [0.2, 0.25) is 0 Å². The molecule has 1 aliphatic heterocycles. The Labute approximate surface area is 118 Å². The van der Waals surface area contributed by atoms with Crippen molar-refractivity contribution in [1.29, 1.82) is 0 Å². The van der Waals surface area contributed by atoms with Gasteiger partial charge in [0.05, 0.1) is 12.3 Å². The number of hydrogen-bond donors (Lipinski definition) is 1. The summed E-state index contributed by atoms with van der Waals surface area (Å²) < 4.78 is 19.3. The number of methoxy groups -OCH3 is 1. The molecule has 0 aromatic heterocycles. The Balaban J connectivity index is 2.15. The summed E-state index contributed by atoms with van der Waals surface area (Å²) in [6.07, 6.45) is 2.20. The minimum Gasteiger partial charge on any atom is -0.389 e. The highest BCUT2D eigenvalue weighted by Crippen LogP contribution is 2.26. The number of rotatable bonds is 4. The highest BCUT2D eigenvalue weighted by molar-refractivity contribution is 7.80. The molecule has 0 aliphatic carbocycles. The van der Waals surface area contributed by atoms with E-state index in [-0.39, 0.29) is 10.8 Å². The average Bonchev–Trinajstić information content (AvgIpc) is 2.39. The van der Waals surface area contributed by atoms with E-state index in [4.69, 9.17) is 22.7 Å². The number of thiocarbonyl (C=S) groups is 1. The smallest absolute Gasteiger partial charge is 0.147 e. The Hall–Kier alpha value is -1.20. The van der Waals surface area contributed by atoms with Gasteiger partial charge < -0.3 is 15.4 Å². The Morgan fingerprint density at radius 1 is 1.58 bits per heavy atom. The second-order valence-electron chi connectivity index (χ2n) is 4.94. The topological polar surface area (TPSA) is 38.5 Å². The number of halogens is 1. The van der Waals surface area contributed by atoms with Gasteiger partial charge in [0.25, 0.3) is 0 Å². The molecule has 1 heterocycles. The number of piperidine rings is 1. The molecule has 19 heavy (non-hydrogen) atoms. The molecule has 1 fully saturated rings. The third-order valence-corrected chi connectivity index (χ3v) is 3.73. The summed E-state index contributed by atoms with van der Waals surface area (Å²) in [5.41, 5.74) is 6.70. The number of hydrogen-bond acceptors (Lipinski definition) is 3. The van der Waals surface area contributed by atoms with Gasteiger partial charge in [-0.15, -0.1) is 0 Å². The molecule has 1 aliphatic rings. The van der Waals surface area contributed by atoms with E-state index < -0.39 is 0 Å². The number of anilines is 1. The number of ether oxygens (including phenoxy) is 1. The predicted octanol–water partition coefficient (Wildman–Crippen LogP) is 2.32. The second kappa shape index (κ2) is 6.30. The average molecular weight is 282 g/mol. The van der Waals surface area contributed by atoms with Crippen LogP contribution in [-0.4, -0.2) is 31.8 Å². The van der Waals surface area contributed by atoms with E-state index in [0.29, 0.717) is 17.2 Å². The molecule has 0 amide bonds. The molecule has 5 heteroatoms. The van der Waals surface area contributed by atoms with Crippen LogP contribution in [0.15, 0.2) is 18.2 Å². The molecule has 1 unspecified atom stereocenters. The second-order valence-corrected chi connectivity index (χ2v) is 5.38. The highest BCUT2D eigenvalue weighted by atomic mass is 32.1. The first-order valence-corrected chi connectivity index (χ1v) is 6.86. The molecule has 2 N–H and O–H groups in total. The van der Waals surface area contributed by atoms with Crippen molar-refractivity contribution >= 4 is 22.9 Å². The van der Waals surface area contributed by atoms with E-state index in [1.54, 1.807) is 19.2 Å². The van der Waals surface area contributed by atoms with Gasteiger partial charge in [-0.05, 0) is 37.0 Å². The van der Waals surface area contributed by atoms with Crippen molar-refractivity contribution in [2.75, 3.05) is 31.7 Å². The van der Waals surface area contributed by atoms with Gasteiger partial charge in [0.2, 0.25) is 0 Å². The van der Waals surface area contributed by atoms with E-state index >= 15 is 0 Å². The zero-order valence-corrected chi connectivity index (χ0v) is 11.9. The van der Waals surface area contributed by atoms with Crippen LogP contribution >= 0.6 is 12.2 Å². The fraction of sp³-hybridized carbons (Fsp3) is 0.500. The van der Waals surface area contributed by atoms with Crippen LogP contribution in [-0.2, 0) is 4.74 Å². The maximum absolute atomic E-state index is 14.1. The molecule has 0 radical (unpaired) electrons. The van der Waals surface area contributed by atoms with Gasteiger partial charge in [-0.3, -0.25) is 0 Å². The third-order valence-electron chi connectivity index (χ3n) is 3.49. The highest BCUT2D eigenvalue weighted by Gasteiger charge is 2.22. The quantitative estimate of drug-likeness (QED) is 0.860. The normalized spacial score (nSPS) is 19.5. The van der Waals surface area contributed by atoms with Crippen molar-refractivity contribution in [3.8, 4) is 0 Å². The van der Waals surface area contributed by atoms with E-state index in [1.165, 1.54) is 6.07 Å². The monoisotopic (exact) mass is 282 g/mol. The van der Waals surface area contributed by atoms with Crippen LogP contribution in [0.3, 0.4) is 0 Å². The largest absolute Gasteiger partial charge is 0.389 e. The molecule has 2 rings (SSSR count). The molecule has 0 bridgehead atoms. The Kier molecular flexibility index (Phi) is 4.71. The minimum atomic E-state index is -0.261. The van der Waals surface area contributed by atoms with Crippen LogP contribution in [0.4, 0.5) is 10.1 Å². The van der Waals surface area contributed by atoms with Gasteiger partial charge in [-0.2, -0.15) is 0 Å². The lowest BCUT2D eigenvalue weighted by Gasteiger charge is -2.34. The van der Waals surface area contributed by atoms with Crippen LogP contribution < -0.4 is 10.6 Å². The van der Waals surface area contributed by atoms with Crippen molar-refractivity contribution in [2.45, 2.75) is 12.8 Å². The molecule has 1 aromatic rings. The first-order valence-electron chi connectivity index (χ1n) is 6.45. The molecule has 1 aromatic carbocycles. The van der Waals surface area contributed by atoms with E-state index in [2.05, 4.69) is 4.90 Å². The summed E-state index contributed by atoms with van der Waals surface area (Å²) in [4.78, 5) is 2.30. The summed E-state index contributed by atoms with van der Waals surface area (Å²) in [5.74, 6) is 0.205. The maximum Gasteiger partial charge on any atom is 0.147 e. The van der Waals surface area contributed by atoms with Crippen LogP contribution in [0.1, 0.15) is 18.4 Å². The summed E-state index contributed by atoms with van der Waals surface area (Å²) in [7, 11) is 1.70. The third kappa shape index (κ3) is 3.42. The van der Waals surface area contributed by atoms with Gasteiger partial charge >= 0.3 is 0 Å². The lowest BCUT2D eigenvalue weighted by molar-refractivity contribution is 0.143. The lowest BCUT2D eigenvalue weighted by Crippen LogP contribution is -2.37. The van der Waals surface area contributed by atoms with E-state index in [1.807, 2.05) is 0 Å². The number of benzene rings is 1. The molecule has 0 saturated carbocycles. The van der Waals surface area contributed by atoms with Crippen LogP contribution in [0.25, 0.3) is 0 Å². The Morgan fingerprint density at radius 2 is 2.37 bits per heavy atom. The van der Waals surface area contributed by atoms with Crippen molar-refractivity contribution in [1.82, 2.24) is 0 Å². The van der Waals surface area contributed by atoms with Gasteiger partial charge in [-0.1, -0.05) is 12.2 Å². The fourth-order valence-electron chi connectivity index (χ4n) is 2.57. The lowest BCUT2D eigenvalue weighted by atomic mass is 9.98. The summed E-state index contributed by atoms with van der Waals surface area (Å²) in [6, 6.07) is 4.96. The number of nitrogens with zero attached hydrogens (tertiary/aromatic N) is 1. The first-order chi connectivity index (χ1) is 9.11. The molecular formula is C14H19FN2OS. The summed E-state index contributed by atoms with van der Waals surface area (Å²) >= 11 is 4.86. The molecular weight excluding hydrogens is 263 g/mol. The fourth-order valence-corrected chi connectivity index (χ4v) is 2.70. The maximum atomic E-state index is 14.1. The van der Waals surface area contributed by atoms with Gasteiger partial charge in [0.1, 0.15) is 10.8 Å². The number of nitrogens with two attached hydrogens (primary N) is 1. The Bertz CT molecular complexity index is 465. The first kappa shape index (κ1) is 14.2. The molecule has 104 valence electrons. The zero-order chi connectivity index (χ0) is 13.8. The summed E-state index contributed by atoms with van der Waals surface area (Å²) in [5, 5.41) is 0. The molecule has 0 spiro atoms. The van der Waals surface area contributed by atoms with Crippen molar-refractivity contribution in [2.24, 2.45) is 11.7 Å². The van der Waals surface area contributed by atoms with Crippen molar-refractivity contribution in [3.63, 3.8) is 0 Å². The van der Waals surface area contributed by atoms with Crippen LogP contribution in [0, 0.1) is 11.7 Å². The van der Waals surface area contributed by atoms with E-state index in [9.17, 15) is 4.39 Å². The van der Waals surface area contributed by atoms with Gasteiger partial charge in [-0.25, -0.2) is 4.39 Å². The molecule has 1 saturated heterocycles. The van der Waals surface area contributed by atoms with E-state index in [0.717, 1.165) is 32.5 Å². The van der Waals surface area contributed by atoms with Crippen molar-refractivity contribution < 1.29 is 9.13 Å². The predicted molar refractivity (Wildman–Crippen MR) is 79.1 cm³/mol. The summed E-state index contributed by atoms with van der Waals surface area (Å²) in [6.45, 7) is 2.43. The van der Waals surface area contributed by atoms with Crippen LogP contribution in [0.5, 0.6) is 0 Å². The SMILES string of the molecule is COCC1CCCN(c2ccc(C(N)=S)cc2F)C1. The van der Waals surface area contributed by atoms with Crippen molar-refractivity contribution in [3.05, 3.63) is 29.6 Å². The Morgan fingerprint density at radius 3 is 3.00 bits per heavy atom. The van der Waals surface area contributed by atoms with Gasteiger partial charge in [0, 0.05) is 25.8 Å². The molecule has 1 atom stereocenters. The minimum absolute atomic E-state index is 0.223.